The zero-order valence-corrected chi connectivity index (χ0v) is 22.6. The minimum atomic E-state index is -1.95. The number of nitrogens with zero attached hydrogens (tertiary/aromatic N) is 1. The molecule has 2 aromatic carbocycles. The van der Waals surface area contributed by atoms with Crippen molar-refractivity contribution in [1.82, 2.24) is 10.2 Å². The summed E-state index contributed by atoms with van der Waals surface area (Å²) in [6, 6.07) is 19.3. The highest BCUT2D eigenvalue weighted by Gasteiger charge is 2.37. The maximum absolute atomic E-state index is 13.1. The van der Waals surface area contributed by atoms with Crippen LogP contribution in [0, 0.1) is 0 Å². The zero-order chi connectivity index (χ0) is 25.9. The standard InChI is InChI=1S/C25H19Cl3N2O4S2/c1-15(17-6-3-2-4-7-17)30-22(32)20(36-24(30)35)14-16-9-11-18(12-10-16)34-23(25(26,27)28)29-21(31)19-8-5-13-33-19/h2-15,23H,1H3,(H,29,31)/b20-14-/t15-,23-/m1/s1. The molecule has 2 heterocycles. The lowest BCUT2D eigenvalue weighted by molar-refractivity contribution is -0.123. The second kappa shape index (κ2) is 11.3. The van der Waals surface area contributed by atoms with E-state index in [-0.39, 0.29) is 17.7 Å². The Bertz CT molecular complexity index is 1280. The molecule has 186 valence electrons. The Balaban J connectivity index is 1.46. The number of hydrogen-bond donors (Lipinski definition) is 1. The highest BCUT2D eigenvalue weighted by Crippen LogP contribution is 2.38. The number of hydrogen-bond acceptors (Lipinski definition) is 6. The molecule has 0 saturated carbocycles. The second-order valence-electron chi connectivity index (χ2n) is 7.70. The molecule has 1 fully saturated rings. The molecule has 0 aliphatic carbocycles. The number of alkyl halides is 3. The third-order valence-electron chi connectivity index (χ3n) is 5.23. The molecule has 11 heteroatoms. The summed E-state index contributed by atoms with van der Waals surface area (Å²) >= 11 is 24.8. The van der Waals surface area contributed by atoms with Crippen molar-refractivity contribution >= 4 is 81.0 Å². The van der Waals surface area contributed by atoms with Gasteiger partial charge < -0.3 is 14.5 Å². The van der Waals surface area contributed by atoms with Crippen molar-refractivity contribution in [2.75, 3.05) is 0 Å². The van der Waals surface area contributed by atoms with Crippen LogP contribution in [0.4, 0.5) is 0 Å². The molecule has 2 atom stereocenters. The summed E-state index contributed by atoms with van der Waals surface area (Å²) in [5.74, 6) is -0.362. The molecule has 36 heavy (non-hydrogen) atoms. The van der Waals surface area contributed by atoms with Crippen molar-refractivity contribution in [2.45, 2.75) is 23.0 Å². The van der Waals surface area contributed by atoms with Gasteiger partial charge in [-0.05, 0) is 48.4 Å². The number of thiocarbonyl (C=S) groups is 1. The minimum Gasteiger partial charge on any atom is -0.466 e. The van der Waals surface area contributed by atoms with Gasteiger partial charge in [0.2, 0.25) is 10.0 Å². The van der Waals surface area contributed by atoms with E-state index in [0.717, 1.165) is 11.1 Å². The van der Waals surface area contributed by atoms with Gasteiger partial charge in [-0.1, -0.05) is 101 Å². The Morgan fingerprint density at radius 1 is 1.11 bits per heavy atom. The van der Waals surface area contributed by atoms with E-state index in [1.54, 1.807) is 41.3 Å². The number of furan rings is 1. The second-order valence-corrected chi connectivity index (χ2v) is 11.7. The van der Waals surface area contributed by atoms with Crippen LogP contribution >= 0.6 is 58.8 Å². The van der Waals surface area contributed by atoms with Crippen LogP contribution < -0.4 is 10.1 Å². The number of thioether (sulfide) groups is 1. The van der Waals surface area contributed by atoms with Crippen LogP contribution in [0.5, 0.6) is 5.75 Å². The van der Waals surface area contributed by atoms with Gasteiger partial charge in [0, 0.05) is 0 Å². The van der Waals surface area contributed by atoms with Crippen molar-refractivity contribution in [2.24, 2.45) is 0 Å². The van der Waals surface area contributed by atoms with Crippen LogP contribution in [0.3, 0.4) is 0 Å². The fourth-order valence-electron chi connectivity index (χ4n) is 3.40. The predicted molar refractivity (Wildman–Crippen MR) is 147 cm³/mol. The van der Waals surface area contributed by atoms with Crippen molar-refractivity contribution in [3.05, 3.63) is 94.8 Å². The monoisotopic (exact) mass is 580 g/mol. The van der Waals surface area contributed by atoms with E-state index in [2.05, 4.69) is 5.32 Å². The summed E-state index contributed by atoms with van der Waals surface area (Å²) in [7, 11) is 0. The number of benzene rings is 2. The Hall–Kier alpha value is -2.49. The van der Waals surface area contributed by atoms with E-state index < -0.39 is 15.9 Å². The highest BCUT2D eigenvalue weighted by molar-refractivity contribution is 8.26. The summed E-state index contributed by atoms with van der Waals surface area (Å²) in [6.07, 6.45) is 1.82. The van der Waals surface area contributed by atoms with E-state index in [1.807, 2.05) is 37.3 Å². The third kappa shape index (κ3) is 6.25. The predicted octanol–water partition coefficient (Wildman–Crippen LogP) is 6.75. The average Bonchev–Trinajstić information content (AvgIpc) is 3.48. The van der Waals surface area contributed by atoms with Crippen LogP contribution in [-0.4, -0.2) is 31.1 Å². The summed E-state index contributed by atoms with van der Waals surface area (Å²) in [5.41, 5.74) is 1.75. The van der Waals surface area contributed by atoms with Gasteiger partial charge in [0.25, 0.3) is 11.8 Å². The molecular formula is C25H19Cl3N2O4S2. The number of halogens is 3. The Labute approximate surface area is 232 Å². The van der Waals surface area contributed by atoms with E-state index in [9.17, 15) is 9.59 Å². The first-order chi connectivity index (χ1) is 17.1. The lowest BCUT2D eigenvalue weighted by Crippen LogP contribution is -2.47. The molecule has 0 spiro atoms. The lowest BCUT2D eigenvalue weighted by Gasteiger charge is -2.26. The van der Waals surface area contributed by atoms with Gasteiger partial charge in [-0.25, -0.2) is 0 Å². The summed E-state index contributed by atoms with van der Waals surface area (Å²) in [4.78, 5) is 27.5. The molecule has 1 aliphatic rings. The first-order valence-corrected chi connectivity index (χ1v) is 13.0. The Morgan fingerprint density at radius 3 is 2.42 bits per heavy atom. The molecule has 1 N–H and O–H groups in total. The van der Waals surface area contributed by atoms with E-state index >= 15 is 0 Å². The van der Waals surface area contributed by atoms with Crippen molar-refractivity contribution in [3.63, 3.8) is 0 Å². The smallest absolute Gasteiger partial charge is 0.289 e. The van der Waals surface area contributed by atoms with Crippen LogP contribution in [0.2, 0.25) is 0 Å². The molecule has 3 aromatic rings. The molecule has 0 unspecified atom stereocenters. The molecule has 0 bridgehead atoms. The molecule has 0 radical (unpaired) electrons. The number of carbonyl (C=O) groups excluding carboxylic acids is 2. The topological polar surface area (TPSA) is 71.8 Å². The Morgan fingerprint density at radius 2 is 1.81 bits per heavy atom. The first kappa shape index (κ1) is 26.6. The number of nitrogens with one attached hydrogen (secondary N) is 1. The fraction of sp³-hybridized carbons (Fsp3) is 0.160. The maximum Gasteiger partial charge on any atom is 0.289 e. The van der Waals surface area contributed by atoms with Gasteiger partial charge in [0.05, 0.1) is 17.2 Å². The lowest BCUT2D eigenvalue weighted by atomic mass is 10.1. The molecule has 1 aliphatic heterocycles. The van der Waals surface area contributed by atoms with Gasteiger partial charge in [-0.3, -0.25) is 14.5 Å². The SMILES string of the molecule is C[C@H](c1ccccc1)N1C(=O)/C(=C/c2ccc(O[C@@H](NC(=O)c3ccco3)C(Cl)(Cl)Cl)cc2)SC1=S. The molecule has 1 saturated heterocycles. The van der Waals surface area contributed by atoms with Gasteiger partial charge in [0.1, 0.15) is 10.1 Å². The number of ether oxygens (including phenoxy) is 1. The number of rotatable bonds is 7. The highest BCUT2D eigenvalue weighted by atomic mass is 35.6. The summed E-state index contributed by atoms with van der Waals surface area (Å²) in [5, 5.41) is 2.49. The van der Waals surface area contributed by atoms with E-state index in [1.165, 1.54) is 24.1 Å². The van der Waals surface area contributed by atoms with Gasteiger partial charge in [0.15, 0.2) is 5.76 Å². The Kier molecular flexibility index (Phi) is 8.32. The van der Waals surface area contributed by atoms with E-state index in [0.29, 0.717) is 15.0 Å². The van der Waals surface area contributed by atoms with Gasteiger partial charge >= 0.3 is 0 Å². The van der Waals surface area contributed by atoms with Crippen molar-refractivity contribution < 1.29 is 18.7 Å². The van der Waals surface area contributed by atoms with Crippen LogP contribution in [0.1, 0.15) is 34.6 Å². The van der Waals surface area contributed by atoms with E-state index in [4.69, 9.17) is 56.2 Å². The number of amides is 2. The quantitative estimate of drug-likeness (QED) is 0.144. The van der Waals surface area contributed by atoms with Crippen LogP contribution in [-0.2, 0) is 4.79 Å². The molecular weight excluding hydrogens is 563 g/mol. The molecule has 2 amide bonds. The first-order valence-electron chi connectivity index (χ1n) is 10.6. The molecule has 4 rings (SSSR count). The van der Waals surface area contributed by atoms with Crippen LogP contribution in [0.25, 0.3) is 6.08 Å². The third-order valence-corrected chi connectivity index (χ3v) is 7.15. The minimum absolute atomic E-state index is 0.0482. The molecule has 6 nitrogen and oxygen atoms in total. The zero-order valence-electron chi connectivity index (χ0n) is 18.7. The van der Waals surface area contributed by atoms with Crippen molar-refractivity contribution in [3.8, 4) is 5.75 Å². The van der Waals surface area contributed by atoms with Gasteiger partial charge in [-0.2, -0.15) is 0 Å². The number of carbonyl (C=O) groups is 2. The molecule has 1 aromatic heterocycles. The van der Waals surface area contributed by atoms with Gasteiger partial charge in [-0.15, -0.1) is 0 Å². The summed E-state index contributed by atoms with van der Waals surface area (Å²) < 4.78 is 9.32. The normalized spacial score (nSPS) is 16.8. The van der Waals surface area contributed by atoms with Crippen molar-refractivity contribution in [1.29, 1.82) is 0 Å². The van der Waals surface area contributed by atoms with Crippen LogP contribution in [0.15, 0.2) is 82.3 Å². The maximum atomic E-state index is 13.1. The largest absolute Gasteiger partial charge is 0.466 e. The fourth-order valence-corrected chi connectivity index (χ4v) is 5.12. The average molecular weight is 582 g/mol. The summed E-state index contributed by atoms with van der Waals surface area (Å²) in [6.45, 7) is 1.95.